The molecular weight excluding hydrogens is 130 g/mol. The number of nitrogens with zero attached hydrogens (tertiary/aromatic N) is 1. The van der Waals surface area contributed by atoms with Crippen LogP contribution in [0.5, 0.6) is 0 Å². The van der Waals surface area contributed by atoms with Gasteiger partial charge in [-0.2, -0.15) is 0 Å². The average Bonchev–Trinajstić information content (AvgIpc) is 2.30. The second-order valence-corrected chi connectivity index (χ2v) is 3.15. The van der Waals surface area contributed by atoms with Crippen LogP contribution in [-0.2, 0) is 9.53 Å². The highest BCUT2D eigenvalue weighted by atomic mass is 16.5. The van der Waals surface area contributed by atoms with Crippen LogP contribution in [0.25, 0.3) is 0 Å². The molecule has 2 fully saturated rings. The quantitative estimate of drug-likeness (QED) is 0.481. The molecule has 1 spiro atoms. The molecule has 2 saturated heterocycles. The van der Waals surface area contributed by atoms with Crippen molar-refractivity contribution in [1.82, 2.24) is 4.90 Å². The summed E-state index contributed by atoms with van der Waals surface area (Å²) >= 11 is 0. The minimum absolute atomic E-state index is 0.0842. The van der Waals surface area contributed by atoms with Gasteiger partial charge in [-0.3, -0.25) is 4.79 Å². The van der Waals surface area contributed by atoms with Gasteiger partial charge in [0.1, 0.15) is 5.60 Å². The lowest BCUT2D eigenvalue weighted by Crippen LogP contribution is -2.60. The first-order chi connectivity index (χ1) is 4.85. The Hall–Kier alpha value is -0.570. The first-order valence-electron chi connectivity index (χ1n) is 3.68. The van der Waals surface area contributed by atoms with Crippen LogP contribution in [0.15, 0.2) is 0 Å². The molecule has 0 aliphatic carbocycles. The van der Waals surface area contributed by atoms with E-state index in [1.807, 2.05) is 0 Å². The summed E-state index contributed by atoms with van der Waals surface area (Å²) in [6.45, 7) is 2.51. The van der Waals surface area contributed by atoms with Gasteiger partial charge in [-0.25, -0.2) is 0 Å². The Morgan fingerprint density at radius 2 is 2.30 bits per heavy atom. The van der Waals surface area contributed by atoms with Crippen molar-refractivity contribution in [3.05, 3.63) is 0 Å². The van der Waals surface area contributed by atoms with Crippen LogP contribution in [0.3, 0.4) is 0 Å². The molecule has 0 saturated carbocycles. The van der Waals surface area contributed by atoms with Gasteiger partial charge >= 0.3 is 0 Å². The standard InChI is InChI=1S/C7H11NO2/c9-6-8-4-7(5-8)2-1-3-10-7/h6H,1-5H2. The minimum Gasteiger partial charge on any atom is -0.371 e. The molecule has 0 aromatic rings. The Morgan fingerprint density at radius 3 is 2.80 bits per heavy atom. The summed E-state index contributed by atoms with van der Waals surface area (Å²) in [6, 6.07) is 0. The van der Waals surface area contributed by atoms with Crippen molar-refractivity contribution in [2.24, 2.45) is 0 Å². The van der Waals surface area contributed by atoms with Crippen molar-refractivity contribution >= 4 is 6.41 Å². The number of carbonyl (C=O) groups excluding carboxylic acids is 1. The molecule has 2 heterocycles. The molecule has 0 N–H and O–H groups in total. The molecule has 3 nitrogen and oxygen atoms in total. The van der Waals surface area contributed by atoms with Crippen LogP contribution in [0.2, 0.25) is 0 Å². The number of hydrogen-bond acceptors (Lipinski definition) is 2. The second kappa shape index (κ2) is 1.95. The highest BCUT2D eigenvalue weighted by Gasteiger charge is 2.45. The van der Waals surface area contributed by atoms with Gasteiger partial charge in [0.25, 0.3) is 0 Å². The predicted octanol–water partition coefficient (Wildman–Crippen LogP) is 0.00760. The third kappa shape index (κ3) is 0.736. The zero-order chi connectivity index (χ0) is 7.03. The van der Waals surface area contributed by atoms with E-state index in [0.717, 1.165) is 38.9 Å². The van der Waals surface area contributed by atoms with Crippen molar-refractivity contribution in [2.75, 3.05) is 19.7 Å². The summed E-state index contributed by atoms with van der Waals surface area (Å²) in [4.78, 5) is 12.0. The smallest absolute Gasteiger partial charge is 0.209 e. The average molecular weight is 141 g/mol. The molecular formula is C7H11NO2. The first-order valence-corrected chi connectivity index (χ1v) is 3.68. The molecule has 0 aromatic carbocycles. The van der Waals surface area contributed by atoms with Gasteiger partial charge in [-0.15, -0.1) is 0 Å². The molecule has 2 aliphatic heterocycles. The summed E-state index contributed by atoms with van der Waals surface area (Å²) < 4.78 is 5.51. The van der Waals surface area contributed by atoms with E-state index >= 15 is 0 Å². The van der Waals surface area contributed by atoms with Crippen molar-refractivity contribution in [3.8, 4) is 0 Å². The van der Waals surface area contributed by atoms with E-state index in [-0.39, 0.29) is 5.60 Å². The van der Waals surface area contributed by atoms with Crippen LogP contribution in [0.1, 0.15) is 12.8 Å². The zero-order valence-electron chi connectivity index (χ0n) is 5.88. The highest BCUT2D eigenvalue weighted by Crippen LogP contribution is 2.33. The molecule has 1 amide bonds. The fourth-order valence-corrected chi connectivity index (χ4v) is 1.77. The monoisotopic (exact) mass is 141 g/mol. The van der Waals surface area contributed by atoms with Crippen molar-refractivity contribution in [2.45, 2.75) is 18.4 Å². The number of hydrogen-bond donors (Lipinski definition) is 0. The Balaban J connectivity index is 1.92. The summed E-state index contributed by atoms with van der Waals surface area (Å²) in [6.07, 6.45) is 3.19. The predicted molar refractivity (Wildman–Crippen MR) is 35.6 cm³/mol. The van der Waals surface area contributed by atoms with E-state index in [1.54, 1.807) is 4.90 Å². The van der Waals surface area contributed by atoms with Gasteiger partial charge in [-0.1, -0.05) is 0 Å². The Labute approximate surface area is 60.0 Å². The Kier molecular flexibility index (Phi) is 1.20. The molecule has 3 heteroatoms. The van der Waals surface area contributed by atoms with Crippen molar-refractivity contribution in [1.29, 1.82) is 0 Å². The normalized spacial score (nSPS) is 28.6. The maximum atomic E-state index is 10.2. The lowest BCUT2D eigenvalue weighted by atomic mass is 9.92. The molecule has 10 heavy (non-hydrogen) atoms. The molecule has 0 atom stereocenters. The number of likely N-dealkylation sites (tertiary alicyclic amines) is 1. The Morgan fingerprint density at radius 1 is 1.50 bits per heavy atom. The second-order valence-electron chi connectivity index (χ2n) is 3.15. The SMILES string of the molecule is O=CN1CC2(CCCO2)C1. The number of rotatable bonds is 1. The molecule has 0 bridgehead atoms. The fraction of sp³-hybridized carbons (Fsp3) is 0.857. The molecule has 56 valence electrons. The Bertz CT molecular complexity index is 144. The van der Waals surface area contributed by atoms with Crippen molar-refractivity contribution < 1.29 is 9.53 Å². The van der Waals surface area contributed by atoms with Crippen LogP contribution in [0, 0.1) is 0 Å². The van der Waals surface area contributed by atoms with E-state index in [9.17, 15) is 4.79 Å². The van der Waals surface area contributed by atoms with Gasteiger partial charge in [0, 0.05) is 6.61 Å². The molecule has 2 rings (SSSR count). The number of amides is 1. The van der Waals surface area contributed by atoms with Crippen molar-refractivity contribution in [3.63, 3.8) is 0 Å². The van der Waals surface area contributed by atoms with E-state index < -0.39 is 0 Å². The molecule has 2 aliphatic rings. The topological polar surface area (TPSA) is 29.5 Å². The summed E-state index contributed by atoms with van der Waals surface area (Å²) in [7, 11) is 0. The molecule has 0 aromatic heterocycles. The van der Waals surface area contributed by atoms with Crippen LogP contribution >= 0.6 is 0 Å². The lowest BCUT2D eigenvalue weighted by Gasteiger charge is -2.44. The van der Waals surface area contributed by atoms with Crippen LogP contribution in [0.4, 0.5) is 0 Å². The minimum atomic E-state index is 0.0842. The summed E-state index contributed by atoms with van der Waals surface area (Å²) in [5.41, 5.74) is 0.0842. The molecule has 0 radical (unpaired) electrons. The highest BCUT2D eigenvalue weighted by molar-refractivity contribution is 5.49. The van der Waals surface area contributed by atoms with Gasteiger partial charge in [0.15, 0.2) is 0 Å². The van der Waals surface area contributed by atoms with E-state index in [4.69, 9.17) is 4.74 Å². The zero-order valence-corrected chi connectivity index (χ0v) is 5.88. The maximum absolute atomic E-state index is 10.2. The van der Waals surface area contributed by atoms with Gasteiger partial charge in [0.05, 0.1) is 13.1 Å². The van der Waals surface area contributed by atoms with Crippen LogP contribution in [-0.4, -0.2) is 36.6 Å². The third-order valence-electron chi connectivity index (χ3n) is 2.32. The van der Waals surface area contributed by atoms with Gasteiger partial charge in [-0.05, 0) is 12.8 Å². The van der Waals surface area contributed by atoms with Gasteiger partial charge < -0.3 is 9.64 Å². The van der Waals surface area contributed by atoms with E-state index in [2.05, 4.69) is 0 Å². The van der Waals surface area contributed by atoms with E-state index in [0.29, 0.717) is 0 Å². The fourth-order valence-electron chi connectivity index (χ4n) is 1.77. The summed E-state index contributed by atoms with van der Waals surface area (Å²) in [5.74, 6) is 0. The number of ether oxygens (including phenoxy) is 1. The number of carbonyl (C=O) groups is 1. The first kappa shape index (κ1) is 6.16. The third-order valence-corrected chi connectivity index (χ3v) is 2.32. The van der Waals surface area contributed by atoms with Crippen LogP contribution < -0.4 is 0 Å². The maximum Gasteiger partial charge on any atom is 0.209 e. The lowest BCUT2D eigenvalue weighted by molar-refractivity contribution is -0.144. The van der Waals surface area contributed by atoms with Gasteiger partial charge in [0.2, 0.25) is 6.41 Å². The van der Waals surface area contributed by atoms with E-state index in [1.165, 1.54) is 0 Å². The molecule has 0 unspecified atom stereocenters. The summed E-state index contributed by atoms with van der Waals surface area (Å²) in [5, 5.41) is 0. The largest absolute Gasteiger partial charge is 0.371 e.